The molecule has 1 aliphatic rings. The fraction of sp³-hybridized carbons (Fsp3) is 0.0536. The van der Waals surface area contributed by atoms with Crippen molar-refractivity contribution in [2.75, 3.05) is 0 Å². The minimum absolute atomic E-state index is 0.183. The van der Waals surface area contributed by atoms with Crippen LogP contribution < -0.4 is 5.73 Å². The highest BCUT2D eigenvalue weighted by molar-refractivity contribution is 6.37. The molecule has 60 heavy (non-hydrogen) atoms. The first-order chi connectivity index (χ1) is 29.7. The summed E-state index contributed by atoms with van der Waals surface area (Å²) in [7, 11) is 0. The normalized spacial score (nSPS) is 15.5. The van der Waals surface area contributed by atoms with Gasteiger partial charge < -0.3 is 10.3 Å². The lowest BCUT2D eigenvalue weighted by Crippen LogP contribution is -2.23. The number of aromatic nitrogens is 2. The van der Waals surface area contributed by atoms with Crippen LogP contribution in [0.1, 0.15) is 18.4 Å². The summed E-state index contributed by atoms with van der Waals surface area (Å²) in [4.78, 5) is 5.45. The fourth-order valence-corrected chi connectivity index (χ4v) is 10.0. The van der Waals surface area contributed by atoms with E-state index in [4.69, 9.17) is 10.7 Å². The van der Waals surface area contributed by atoms with E-state index < -0.39 is 0 Å². The van der Waals surface area contributed by atoms with E-state index in [0.717, 1.165) is 52.0 Å². The predicted octanol–water partition coefficient (Wildman–Crippen LogP) is 14.0. The van der Waals surface area contributed by atoms with Crippen LogP contribution in [0.5, 0.6) is 0 Å². The first kappa shape index (κ1) is 34.5. The van der Waals surface area contributed by atoms with Crippen molar-refractivity contribution in [3.8, 4) is 16.8 Å². The molecular weight excluding hydrogens is 729 g/mol. The first-order valence-electron chi connectivity index (χ1n) is 20.9. The van der Waals surface area contributed by atoms with Crippen molar-refractivity contribution in [3.05, 3.63) is 205 Å². The van der Waals surface area contributed by atoms with E-state index >= 15 is 0 Å². The summed E-state index contributed by atoms with van der Waals surface area (Å²) in [6.07, 6.45) is 8.18. The van der Waals surface area contributed by atoms with Crippen molar-refractivity contribution in [1.82, 2.24) is 9.13 Å². The molecular formula is C56H40N4. The van der Waals surface area contributed by atoms with Gasteiger partial charge in [0.2, 0.25) is 0 Å². The molecule has 0 fully saturated rings. The first-order valence-corrected chi connectivity index (χ1v) is 20.9. The van der Waals surface area contributed by atoms with E-state index in [2.05, 4.69) is 210 Å². The predicted molar refractivity (Wildman–Crippen MR) is 255 cm³/mol. The van der Waals surface area contributed by atoms with Crippen molar-refractivity contribution in [1.29, 1.82) is 0 Å². The molecule has 1 atom stereocenters. The van der Waals surface area contributed by atoms with Gasteiger partial charge >= 0.3 is 0 Å². The Morgan fingerprint density at radius 2 is 1.25 bits per heavy atom. The number of para-hydroxylation sites is 3. The second kappa shape index (κ2) is 13.8. The van der Waals surface area contributed by atoms with E-state index in [9.17, 15) is 0 Å². The maximum absolute atomic E-state index is 6.79. The van der Waals surface area contributed by atoms with Crippen LogP contribution in [0.15, 0.2) is 205 Å². The van der Waals surface area contributed by atoms with E-state index in [-0.39, 0.29) is 6.04 Å². The number of allylic oxidation sites excluding steroid dienone is 1. The SMILES string of the molecule is NC1C=CCC/C1=C(/N=C/n1c2ccc(-c3cccc4c5ccccc5n(-c5ccccc5)c34)cc2c2c3c4ccccc4ccc3c3ccccc3c21)c1ccccc1. The zero-order valence-corrected chi connectivity index (χ0v) is 33.0. The number of benzene rings is 9. The maximum Gasteiger partial charge on any atom is 0.100 e. The minimum atomic E-state index is -0.183. The number of aliphatic imine (C=N–C) groups is 1. The summed E-state index contributed by atoms with van der Waals surface area (Å²) >= 11 is 0. The lowest BCUT2D eigenvalue weighted by Gasteiger charge is -2.20. The van der Waals surface area contributed by atoms with Crippen LogP contribution in [-0.4, -0.2) is 21.5 Å². The van der Waals surface area contributed by atoms with Crippen LogP contribution in [0.2, 0.25) is 0 Å². The Balaban J connectivity index is 1.21. The van der Waals surface area contributed by atoms with Gasteiger partial charge in [0.1, 0.15) is 6.34 Å². The number of rotatable bonds is 5. The Hall–Kier alpha value is -7.53. The molecule has 1 unspecified atom stereocenters. The monoisotopic (exact) mass is 768 g/mol. The summed E-state index contributed by atoms with van der Waals surface area (Å²) in [5.41, 5.74) is 18.1. The zero-order valence-electron chi connectivity index (χ0n) is 33.0. The van der Waals surface area contributed by atoms with Gasteiger partial charge in [0.25, 0.3) is 0 Å². The van der Waals surface area contributed by atoms with Crippen LogP contribution in [0.25, 0.3) is 98.4 Å². The van der Waals surface area contributed by atoms with Gasteiger partial charge in [-0.3, -0.25) is 4.57 Å². The van der Waals surface area contributed by atoms with Gasteiger partial charge in [0.05, 0.1) is 27.8 Å². The van der Waals surface area contributed by atoms with Crippen molar-refractivity contribution < 1.29 is 0 Å². The van der Waals surface area contributed by atoms with Gasteiger partial charge in [-0.25, -0.2) is 4.99 Å². The highest BCUT2D eigenvalue weighted by Gasteiger charge is 2.22. The quantitative estimate of drug-likeness (QED) is 0.0806. The minimum Gasteiger partial charge on any atom is -0.321 e. The van der Waals surface area contributed by atoms with E-state index in [1.54, 1.807) is 0 Å². The lowest BCUT2D eigenvalue weighted by atomic mass is 9.92. The molecule has 4 heteroatoms. The Kier molecular flexibility index (Phi) is 7.94. The maximum atomic E-state index is 6.79. The van der Waals surface area contributed by atoms with Gasteiger partial charge in [-0.05, 0) is 75.9 Å². The van der Waals surface area contributed by atoms with E-state index in [0.29, 0.717) is 0 Å². The van der Waals surface area contributed by atoms with Crippen LogP contribution in [-0.2, 0) is 0 Å². The fourth-order valence-electron chi connectivity index (χ4n) is 10.0. The smallest absolute Gasteiger partial charge is 0.100 e. The summed E-state index contributed by atoms with van der Waals surface area (Å²) < 4.78 is 4.77. The average Bonchev–Trinajstić information content (AvgIpc) is 3.83. The van der Waals surface area contributed by atoms with E-state index in [1.165, 1.54) is 70.5 Å². The molecule has 11 aromatic rings. The molecule has 2 aromatic heterocycles. The van der Waals surface area contributed by atoms with Crippen molar-refractivity contribution in [2.45, 2.75) is 18.9 Å². The molecule has 4 nitrogen and oxygen atoms in total. The Morgan fingerprint density at radius 1 is 0.550 bits per heavy atom. The van der Waals surface area contributed by atoms with Gasteiger partial charge in [-0.2, -0.15) is 0 Å². The third kappa shape index (κ3) is 5.24. The molecule has 0 aliphatic heterocycles. The van der Waals surface area contributed by atoms with Gasteiger partial charge in [0, 0.05) is 55.2 Å². The molecule has 9 aromatic carbocycles. The summed E-state index contributed by atoms with van der Waals surface area (Å²) in [6, 6.07) is 65.9. The molecule has 0 saturated carbocycles. The molecule has 284 valence electrons. The number of hydrogen-bond donors (Lipinski definition) is 1. The Morgan fingerprint density at radius 3 is 2.08 bits per heavy atom. The van der Waals surface area contributed by atoms with Crippen LogP contribution in [0.3, 0.4) is 0 Å². The Labute approximate surface area is 347 Å². The number of fused-ring (bicyclic) bond motifs is 13. The number of nitrogens with zero attached hydrogens (tertiary/aromatic N) is 3. The molecule has 2 N–H and O–H groups in total. The summed E-state index contributed by atoms with van der Waals surface area (Å²) in [6.45, 7) is 0. The number of hydrogen-bond acceptors (Lipinski definition) is 2. The second-order valence-electron chi connectivity index (χ2n) is 15.9. The van der Waals surface area contributed by atoms with Gasteiger partial charge in [-0.1, -0.05) is 164 Å². The molecule has 0 radical (unpaired) electrons. The highest BCUT2D eigenvalue weighted by Crippen LogP contribution is 2.45. The third-order valence-corrected chi connectivity index (χ3v) is 12.7. The third-order valence-electron chi connectivity index (χ3n) is 12.7. The Bertz CT molecular complexity index is 3600. The topological polar surface area (TPSA) is 48.2 Å². The van der Waals surface area contributed by atoms with Crippen molar-refractivity contribution in [3.63, 3.8) is 0 Å². The van der Waals surface area contributed by atoms with Crippen LogP contribution in [0.4, 0.5) is 0 Å². The highest BCUT2D eigenvalue weighted by atomic mass is 15.0. The molecule has 2 heterocycles. The molecule has 0 saturated heterocycles. The molecule has 0 amide bonds. The molecule has 1 aliphatic carbocycles. The second-order valence-corrected chi connectivity index (χ2v) is 15.9. The molecule has 0 spiro atoms. The zero-order chi connectivity index (χ0) is 39.7. The summed E-state index contributed by atoms with van der Waals surface area (Å²) in [5.74, 6) is 0. The molecule has 12 rings (SSSR count). The lowest BCUT2D eigenvalue weighted by molar-refractivity contribution is 0.806. The van der Waals surface area contributed by atoms with Gasteiger partial charge in [-0.15, -0.1) is 0 Å². The molecule has 0 bridgehead atoms. The van der Waals surface area contributed by atoms with Crippen LogP contribution >= 0.6 is 0 Å². The van der Waals surface area contributed by atoms with Gasteiger partial charge in [0.15, 0.2) is 0 Å². The van der Waals surface area contributed by atoms with Crippen molar-refractivity contribution >= 4 is 88.0 Å². The van der Waals surface area contributed by atoms with E-state index in [1.807, 2.05) is 0 Å². The number of nitrogens with two attached hydrogens (primary N) is 1. The average molecular weight is 769 g/mol. The largest absolute Gasteiger partial charge is 0.321 e. The standard InChI is InChI=1S/C56H40N4/c57-49-28-13-11-25-47(49)54(37-17-3-1-4-18-37)58-35-59-50-33-31-38(41-26-15-27-46-43-23-12-14-29-51(43)60(55(41)46)39-19-5-2-6-20-39)34-48(50)53-52-40-21-8-7-16-36(40)30-32-44(52)42-22-9-10-24-45(42)56(53)59/h1-10,12-24,26-35,49H,11,25,57H2/b54-47-,58-35+. The summed E-state index contributed by atoms with van der Waals surface area (Å²) in [5, 5.41) is 12.3. The van der Waals surface area contributed by atoms with Crippen LogP contribution in [0, 0.1) is 0 Å². The van der Waals surface area contributed by atoms with Crippen molar-refractivity contribution in [2.24, 2.45) is 10.7 Å².